The number of halogens is 1. The van der Waals surface area contributed by atoms with E-state index in [1.807, 2.05) is 12.3 Å². The molecule has 0 radical (unpaired) electrons. The minimum Gasteiger partial charge on any atom is -0.299 e. The number of ketones is 1. The van der Waals surface area contributed by atoms with Crippen molar-refractivity contribution in [2.45, 2.75) is 26.2 Å². The number of hydrogen-bond acceptors (Lipinski definition) is 3. The van der Waals surface area contributed by atoms with Gasteiger partial charge in [-0.05, 0) is 13.3 Å². The lowest BCUT2D eigenvalue weighted by atomic mass is 10.2. The molecule has 0 aliphatic rings. The van der Waals surface area contributed by atoms with E-state index in [1.54, 1.807) is 11.3 Å². The summed E-state index contributed by atoms with van der Waals surface area (Å²) in [4.78, 5) is 15.5. The third-order valence-electron chi connectivity index (χ3n) is 1.60. The fourth-order valence-corrected chi connectivity index (χ4v) is 1.94. The number of nitrogens with zero attached hydrogens (tertiary/aromatic N) is 1. The van der Waals surface area contributed by atoms with Crippen LogP contribution < -0.4 is 0 Å². The van der Waals surface area contributed by atoms with Crippen molar-refractivity contribution in [3.63, 3.8) is 0 Å². The van der Waals surface area contributed by atoms with Gasteiger partial charge in [-0.3, -0.25) is 4.79 Å². The number of carbonyl (C=O) groups is 1. The lowest BCUT2D eigenvalue weighted by Gasteiger charge is -1.94. The van der Waals surface area contributed by atoms with Crippen molar-refractivity contribution < 1.29 is 4.79 Å². The van der Waals surface area contributed by atoms with Crippen molar-refractivity contribution in [1.82, 2.24) is 4.98 Å². The number of thiazole rings is 1. The number of Topliss-reactive ketones (excluding diaryl/α,β-unsaturated/α-hetero) is 1. The van der Waals surface area contributed by atoms with Crippen LogP contribution in [-0.2, 0) is 11.2 Å². The molecule has 0 spiro atoms. The largest absolute Gasteiger partial charge is 0.299 e. The van der Waals surface area contributed by atoms with Gasteiger partial charge in [0.1, 0.15) is 10.8 Å². The Hall–Kier alpha value is -0.410. The predicted molar refractivity (Wildman–Crippen MR) is 55.5 cm³/mol. The number of aromatic nitrogens is 1. The third kappa shape index (κ3) is 3.87. The number of alkyl halides is 1. The average Bonchev–Trinajstić information content (AvgIpc) is 2.48. The summed E-state index contributed by atoms with van der Waals surface area (Å²) < 4.78 is 0. The molecule has 0 unspecified atom stereocenters. The van der Waals surface area contributed by atoms with Gasteiger partial charge in [-0.2, -0.15) is 0 Å². The molecule has 0 aliphatic carbocycles. The maximum Gasteiger partial charge on any atom is 0.139 e. The zero-order valence-corrected chi connectivity index (χ0v) is 9.12. The molecule has 13 heavy (non-hydrogen) atoms. The monoisotopic (exact) mass is 217 g/mol. The zero-order chi connectivity index (χ0) is 9.68. The normalized spacial score (nSPS) is 10.3. The highest BCUT2D eigenvalue weighted by atomic mass is 35.5. The van der Waals surface area contributed by atoms with Crippen LogP contribution in [0.4, 0.5) is 0 Å². The predicted octanol–water partition coefficient (Wildman–Crippen LogP) is 2.58. The molecule has 0 amide bonds. The lowest BCUT2D eigenvalue weighted by molar-refractivity contribution is -0.118. The Morgan fingerprint density at radius 3 is 3.00 bits per heavy atom. The minimum atomic E-state index is 0.231. The zero-order valence-electron chi connectivity index (χ0n) is 7.55. The van der Waals surface area contributed by atoms with Crippen LogP contribution in [0.25, 0.3) is 0 Å². The Bertz CT molecular complexity index is 285. The van der Waals surface area contributed by atoms with E-state index in [0.717, 1.165) is 17.1 Å². The molecule has 0 fully saturated rings. The quantitative estimate of drug-likeness (QED) is 0.710. The van der Waals surface area contributed by atoms with E-state index in [1.165, 1.54) is 0 Å². The molecule has 0 saturated carbocycles. The second-order valence-electron chi connectivity index (χ2n) is 2.89. The molecule has 0 aromatic carbocycles. The van der Waals surface area contributed by atoms with E-state index >= 15 is 0 Å². The van der Waals surface area contributed by atoms with Crippen LogP contribution in [0.5, 0.6) is 0 Å². The van der Waals surface area contributed by atoms with Crippen molar-refractivity contribution >= 4 is 28.7 Å². The van der Waals surface area contributed by atoms with Crippen molar-refractivity contribution in [1.29, 1.82) is 0 Å². The van der Waals surface area contributed by atoms with Gasteiger partial charge in [-0.15, -0.1) is 22.9 Å². The van der Waals surface area contributed by atoms with Crippen LogP contribution in [0, 0.1) is 6.92 Å². The van der Waals surface area contributed by atoms with E-state index in [9.17, 15) is 4.79 Å². The standard InChI is InChI=1S/C9H12ClNOS/c1-7-6-13-9(11-7)5-8(12)3-2-4-10/h6H,2-5H2,1H3. The van der Waals surface area contributed by atoms with E-state index in [4.69, 9.17) is 11.6 Å². The lowest BCUT2D eigenvalue weighted by Crippen LogP contribution is -2.02. The molecule has 0 bridgehead atoms. The average molecular weight is 218 g/mol. The Balaban J connectivity index is 2.36. The highest BCUT2D eigenvalue weighted by Gasteiger charge is 2.05. The first-order valence-corrected chi connectivity index (χ1v) is 5.62. The summed E-state index contributed by atoms with van der Waals surface area (Å²) >= 11 is 7.03. The molecule has 0 aliphatic heterocycles. The van der Waals surface area contributed by atoms with Gasteiger partial charge in [0.2, 0.25) is 0 Å². The van der Waals surface area contributed by atoms with E-state index in [0.29, 0.717) is 18.7 Å². The van der Waals surface area contributed by atoms with Crippen molar-refractivity contribution in [2.24, 2.45) is 0 Å². The SMILES string of the molecule is Cc1csc(CC(=O)CCCCl)n1. The molecule has 2 nitrogen and oxygen atoms in total. The number of carbonyl (C=O) groups excluding carboxylic acids is 1. The maximum absolute atomic E-state index is 11.3. The van der Waals surface area contributed by atoms with E-state index in [-0.39, 0.29) is 5.78 Å². The molecule has 0 N–H and O–H groups in total. The van der Waals surface area contributed by atoms with Gasteiger partial charge in [0.05, 0.1) is 6.42 Å². The number of hydrogen-bond donors (Lipinski definition) is 0. The molecular weight excluding hydrogens is 206 g/mol. The van der Waals surface area contributed by atoms with Crippen LogP contribution in [0.3, 0.4) is 0 Å². The van der Waals surface area contributed by atoms with Gasteiger partial charge < -0.3 is 0 Å². The van der Waals surface area contributed by atoms with Crippen molar-refractivity contribution in [3.8, 4) is 0 Å². The molecular formula is C9H12ClNOS. The smallest absolute Gasteiger partial charge is 0.139 e. The summed E-state index contributed by atoms with van der Waals surface area (Å²) in [6.07, 6.45) is 1.81. The van der Waals surface area contributed by atoms with Gasteiger partial charge in [0, 0.05) is 23.4 Å². The number of aryl methyl sites for hydroxylation is 1. The van der Waals surface area contributed by atoms with Crippen LogP contribution in [0.2, 0.25) is 0 Å². The molecule has 0 atom stereocenters. The Labute approximate surface area is 86.9 Å². The van der Waals surface area contributed by atoms with Crippen molar-refractivity contribution in [2.75, 3.05) is 5.88 Å². The molecule has 1 aromatic rings. The highest BCUT2D eigenvalue weighted by Crippen LogP contribution is 2.10. The summed E-state index contributed by atoms with van der Waals surface area (Å²) in [7, 11) is 0. The van der Waals surface area contributed by atoms with E-state index < -0.39 is 0 Å². The third-order valence-corrected chi connectivity index (χ3v) is 2.84. The molecule has 1 rings (SSSR count). The van der Waals surface area contributed by atoms with Crippen LogP contribution in [0.15, 0.2) is 5.38 Å². The second-order valence-corrected chi connectivity index (χ2v) is 4.21. The first-order chi connectivity index (χ1) is 6.22. The summed E-state index contributed by atoms with van der Waals surface area (Å²) in [5.74, 6) is 0.790. The Morgan fingerprint density at radius 2 is 2.46 bits per heavy atom. The van der Waals surface area contributed by atoms with Gasteiger partial charge in [-0.1, -0.05) is 0 Å². The molecule has 1 heterocycles. The first-order valence-electron chi connectivity index (χ1n) is 4.21. The minimum absolute atomic E-state index is 0.231. The fourth-order valence-electron chi connectivity index (χ4n) is 1.00. The van der Waals surface area contributed by atoms with Crippen LogP contribution >= 0.6 is 22.9 Å². The van der Waals surface area contributed by atoms with Crippen LogP contribution in [0.1, 0.15) is 23.5 Å². The summed E-state index contributed by atoms with van der Waals surface area (Å²) in [5.41, 5.74) is 0.991. The number of rotatable bonds is 5. The van der Waals surface area contributed by atoms with Gasteiger partial charge in [0.25, 0.3) is 0 Å². The highest BCUT2D eigenvalue weighted by molar-refractivity contribution is 7.09. The molecule has 4 heteroatoms. The first kappa shape index (κ1) is 10.7. The molecule has 0 saturated heterocycles. The van der Waals surface area contributed by atoms with Crippen LogP contribution in [-0.4, -0.2) is 16.6 Å². The summed E-state index contributed by atoms with van der Waals surface area (Å²) in [6.45, 7) is 1.93. The summed E-state index contributed by atoms with van der Waals surface area (Å²) in [6, 6.07) is 0. The Kier molecular flexibility index (Phi) is 4.39. The topological polar surface area (TPSA) is 30.0 Å². The van der Waals surface area contributed by atoms with E-state index in [2.05, 4.69) is 4.98 Å². The second kappa shape index (κ2) is 5.35. The summed E-state index contributed by atoms with van der Waals surface area (Å²) in [5, 5.41) is 2.88. The van der Waals surface area contributed by atoms with Gasteiger partial charge in [0.15, 0.2) is 0 Å². The fraction of sp³-hybridized carbons (Fsp3) is 0.556. The van der Waals surface area contributed by atoms with Crippen molar-refractivity contribution in [3.05, 3.63) is 16.1 Å². The molecule has 1 aromatic heterocycles. The van der Waals surface area contributed by atoms with Gasteiger partial charge in [-0.25, -0.2) is 4.98 Å². The van der Waals surface area contributed by atoms with Gasteiger partial charge >= 0.3 is 0 Å². The molecule has 72 valence electrons. The maximum atomic E-state index is 11.3. The Morgan fingerprint density at radius 1 is 1.69 bits per heavy atom.